The van der Waals surface area contributed by atoms with Crippen molar-refractivity contribution in [1.29, 1.82) is 0 Å². The lowest BCUT2D eigenvalue weighted by atomic mass is 9.96. The predicted molar refractivity (Wildman–Crippen MR) is 99.5 cm³/mol. The van der Waals surface area contributed by atoms with Crippen molar-refractivity contribution in [3.8, 4) is 5.75 Å². The number of aromatic hydroxyl groups is 1. The van der Waals surface area contributed by atoms with Crippen LogP contribution in [0.25, 0.3) is 10.9 Å². The van der Waals surface area contributed by atoms with Crippen LogP contribution < -0.4 is 5.32 Å². The van der Waals surface area contributed by atoms with Gasteiger partial charge in [0.25, 0.3) is 0 Å². The van der Waals surface area contributed by atoms with Gasteiger partial charge in [0.05, 0.1) is 6.04 Å². The number of phenolic OH excluding ortho intramolecular Hbond substituents is 1. The molecule has 4 aromatic rings. The average Bonchev–Trinajstić information content (AvgIpc) is 2.68. The molecule has 4 rings (SSSR count). The fraction of sp³-hybridized carbons (Fsp3) is 0.0476. The van der Waals surface area contributed by atoms with E-state index in [9.17, 15) is 9.50 Å². The van der Waals surface area contributed by atoms with E-state index in [1.807, 2.05) is 24.3 Å². The Balaban J connectivity index is 1.88. The first-order valence-corrected chi connectivity index (χ1v) is 8.22. The first kappa shape index (κ1) is 16.0. The maximum atomic E-state index is 14.5. The van der Waals surface area contributed by atoms with Crippen molar-refractivity contribution in [3.63, 3.8) is 0 Å². The Morgan fingerprint density at radius 2 is 1.62 bits per heavy atom. The number of benzene rings is 2. The molecule has 0 aliphatic heterocycles. The van der Waals surface area contributed by atoms with Gasteiger partial charge < -0.3 is 10.4 Å². The van der Waals surface area contributed by atoms with Crippen LogP contribution in [0.1, 0.15) is 17.2 Å². The molecule has 0 fully saturated rings. The number of pyridine rings is 2. The quantitative estimate of drug-likeness (QED) is 0.564. The lowest BCUT2D eigenvalue weighted by molar-refractivity contribution is 0.471. The lowest BCUT2D eigenvalue weighted by Crippen LogP contribution is -2.15. The minimum absolute atomic E-state index is 0.0276. The third-order valence-corrected chi connectivity index (χ3v) is 4.26. The van der Waals surface area contributed by atoms with E-state index in [2.05, 4.69) is 15.3 Å². The number of hydrogen-bond acceptors (Lipinski definition) is 4. The second-order valence-electron chi connectivity index (χ2n) is 5.89. The number of anilines is 1. The number of aromatic nitrogens is 2. The van der Waals surface area contributed by atoms with Crippen LogP contribution in [0.5, 0.6) is 5.75 Å². The summed E-state index contributed by atoms with van der Waals surface area (Å²) in [5.74, 6) is 0.252. The van der Waals surface area contributed by atoms with E-state index < -0.39 is 6.04 Å². The fourth-order valence-electron chi connectivity index (χ4n) is 3.01. The van der Waals surface area contributed by atoms with E-state index in [0.29, 0.717) is 22.5 Å². The van der Waals surface area contributed by atoms with Crippen LogP contribution in [-0.2, 0) is 0 Å². The summed E-state index contributed by atoms with van der Waals surface area (Å²) in [5.41, 5.74) is 1.44. The topological polar surface area (TPSA) is 58.0 Å². The van der Waals surface area contributed by atoms with Crippen LogP contribution in [-0.4, -0.2) is 15.1 Å². The standard InChI is InChI=1S/C21H16FN3O/c22-17-8-2-1-7-15(17)20(25-18-9-3-4-12-23-18)16-11-10-14-6-5-13-24-19(14)21(16)26/h1-13,20,26H,(H,23,25). The maximum absolute atomic E-state index is 14.5. The van der Waals surface area contributed by atoms with Gasteiger partial charge in [-0.2, -0.15) is 0 Å². The van der Waals surface area contributed by atoms with E-state index in [4.69, 9.17) is 0 Å². The van der Waals surface area contributed by atoms with Gasteiger partial charge in [0.2, 0.25) is 0 Å². The fourth-order valence-corrected chi connectivity index (χ4v) is 3.01. The molecule has 0 radical (unpaired) electrons. The minimum Gasteiger partial charge on any atom is -0.505 e. The molecule has 0 spiro atoms. The van der Waals surface area contributed by atoms with Crippen LogP contribution in [0.15, 0.2) is 79.1 Å². The van der Waals surface area contributed by atoms with Gasteiger partial charge in [0.1, 0.15) is 22.9 Å². The molecule has 0 amide bonds. The summed E-state index contributed by atoms with van der Waals surface area (Å²) in [6.07, 6.45) is 3.28. The second-order valence-corrected chi connectivity index (χ2v) is 5.89. The molecule has 2 aromatic carbocycles. The molecule has 0 aliphatic rings. The molecule has 128 valence electrons. The summed E-state index contributed by atoms with van der Waals surface area (Å²) in [5, 5.41) is 14.8. The molecule has 5 heteroatoms. The monoisotopic (exact) mass is 345 g/mol. The highest BCUT2D eigenvalue weighted by Gasteiger charge is 2.22. The zero-order valence-electron chi connectivity index (χ0n) is 13.8. The summed E-state index contributed by atoms with van der Waals surface area (Å²) >= 11 is 0. The zero-order valence-corrected chi connectivity index (χ0v) is 13.8. The van der Waals surface area contributed by atoms with Crippen molar-refractivity contribution in [2.45, 2.75) is 6.04 Å². The summed E-state index contributed by atoms with van der Waals surface area (Å²) in [6.45, 7) is 0. The lowest BCUT2D eigenvalue weighted by Gasteiger charge is -2.22. The molecular formula is C21H16FN3O. The molecule has 0 aliphatic carbocycles. The molecule has 0 saturated carbocycles. The van der Waals surface area contributed by atoms with E-state index in [0.717, 1.165) is 5.39 Å². The molecule has 1 atom stereocenters. The Hall–Kier alpha value is -3.47. The smallest absolute Gasteiger partial charge is 0.147 e. The third kappa shape index (κ3) is 2.95. The highest BCUT2D eigenvalue weighted by atomic mass is 19.1. The van der Waals surface area contributed by atoms with Gasteiger partial charge >= 0.3 is 0 Å². The maximum Gasteiger partial charge on any atom is 0.147 e. The van der Waals surface area contributed by atoms with Crippen LogP contribution in [0.4, 0.5) is 10.2 Å². The van der Waals surface area contributed by atoms with Gasteiger partial charge in [-0.1, -0.05) is 42.5 Å². The number of phenols is 1. The normalized spacial score (nSPS) is 12.0. The Kier molecular flexibility index (Phi) is 4.19. The van der Waals surface area contributed by atoms with Gasteiger partial charge in [-0.3, -0.25) is 4.98 Å². The van der Waals surface area contributed by atoms with Crippen LogP contribution in [0, 0.1) is 5.82 Å². The van der Waals surface area contributed by atoms with Gasteiger partial charge in [0, 0.05) is 28.9 Å². The van der Waals surface area contributed by atoms with Crippen molar-refractivity contribution >= 4 is 16.7 Å². The van der Waals surface area contributed by atoms with E-state index in [-0.39, 0.29) is 11.6 Å². The molecule has 0 saturated heterocycles. The summed E-state index contributed by atoms with van der Waals surface area (Å²) < 4.78 is 14.5. The molecule has 4 nitrogen and oxygen atoms in total. The number of nitrogens with one attached hydrogen (secondary N) is 1. The van der Waals surface area contributed by atoms with Crippen LogP contribution >= 0.6 is 0 Å². The summed E-state index contributed by atoms with van der Waals surface area (Å²) in [6, 6.07) is 18.7. The highest BCUT2D eigenvalue weighted by Crippen LogP contribution is 2.36. The van der Waals surface area contributed by atoms with Crippen LogP contribution in [0.2, 0.25) is 0 Å². The van der Waals surface area contributed by atoms with Crippen molar-refractivity contribution < 1.29 is 9.50 Å². The first-order chi connectivity index (χ1) is 12.7. The van der Waals surface area contributed by atoms with Gasteiger partial charge in [-0.05, 0) is 24.3 Å². The highest BCUT2D eigenvalue weighted by molar-refractivity contribution is 5.86. The van der Waals surface area contributed by atoms with Crippen molar-refractivity contribution in [1.82, 2.24) is 9.97 Å². The second kappa shape index (κ2) is 6.80. The number of rotatable bonds is 4. The first-order valence-electron chi connectivity index (χ1n) is 8.22. The molecule has 2 heterocycles. The number of fused-ring (bicyclic) bond motifs is 1. The molecule has 2 N–H and O–H groups in total. The Bertz CT molecular complexity index is 1050. The Morgan fingerprint density at radius 1 is 0.808 bits per heavy atom. The number of hydrogen-bond donors (Lipinski definition) is 2. The number of halogens is 1. The molecule has 1 unspecified atom stereocenters. The van der Waals surface area contributed by atoms with Crippen molar-refractivity contribution in [3.05, 3.63) is 96.1 Å². The molecule has 0 bridgehead atoms. The SMILES string of the molecule is Oc1c(C(Nc2ccccn2)c2ccccc2F)ccc2cccnc12. The van der Waals surface area contributed by atoms with E-state index >= 15 is 0 Å². The molecule has 26 heavy (non-hydrogen) atoms. The number of nitrogens with zero attached hydrogens (tertiary/aromatic N) is 2. The van der Waals surface area contributed by atoms with E-state index in [1.165, 1.54) is 6.07 Å². The summed E-state index contributed by atoms with van der Waals surface area (Å²) in [4.78, 5) is 8.52. The third-order valence-electron chi connectivity index (χ3n) is 4.26. The van der Waals surface area contributed by atoms with Gasteiger partial charge in [-0.15, -0.1) is 0 Å². The average molecular weight is 345 g/mol. The largest absolute Gasteiger partial charge is 0.505 e. The molecular weight excluding hydrogens is 329 g/mol. The van der Waals surface area contributed by atoms with Gasteiger partial charge in [-0.25, -0.2) is 9.37 Å². The van der Waals surface area contributed by atoms with Crippen molar-refractivity contribution in [2.75, 3.05) is 5.32 Å². The molecule has 2 aromatic heterocycles. The Morgan fingerprint density at radius 3 is 2.42 bits per heavy atom. The summed E-state index contributed by atoms with van der Waals surface area (Å²) in [7, 11) is 0. The Labute approximate surface area is 150 Å². The van der Waals surface area contributed by atoms with Crippen LogP contribution in [0.3, 0.4) is 0 Å². The van der Waals surface area contributed by atoms with Gasteiger partial charge in [0.15, 0.2) is 0 Å². The predicted octanol–water partition coefficient (Wildman–Crippen LogP) is 4.68. The van der Waals surface area contributed by atoms with Crippen molar-refractivity contribution in [2.24, 2.45) is 0 Å². The zero-order chi connectivity index (χ0) is 17.9. The minimum atomic E-state index is -0.613. The van der Waals surface area contributed by atoms with E-state index in [1.54, 1.807) is 48.8 Å².